The minimum Gasteiger partial charge on any atom is -0.493 e. The Morgan fingerprint density at radius 2 is 1.97 bits per heavy atom. The van der Waals surface area contributed by atoms with Crippen LogP contribution in [0.15, 0.2) is 46.5 Å². The molecule has 0 bridgehead atoms. The zero-order valence-corrected chi connectivity index (χ0v) is 21.2. The van der Waals surface area contributed by atoms with Crippen molar-refractivity contribution in [3.63, 3.8) is 0 Å². The maximum atomic E-state index is 13.8. The van der Waals surface area contributed by atoms with Gasteiger partial charge in [-0.15, -0.1) is 0 Å². The molecular formula is C25H34ClFN6O2. The largest absolute Gasteiger partial charge is 0.493 e. The maximum Gasteiger partial charge on any atom is 0.178 e. The molecule has 2 N–H and O–H groups in total. The first-order valence-corrected chi connectivity index (χ1v) is 12.0. The van der Waals surface area contributed by atoms with E-state index in [1.165, 1.54) is 6.07 Å². The number of hydrogen-bond donors (Lipinski definition) is 2. The van der Waals surface area contributed by atoms with Crippen LogP contribution >= 0.6 is 11.6 Å². The number of nitrogens with one attached hydrogen (secondary N) is 2. The van der Waals surface area contributed by atoms with E-state index in [0.29, 0.717) is 34.5 Å². The molecule has 2 aromatic rings. The summed E-state index contributed by atoms with van der Waals surface area (Å²) in [6.07, 6.45) is 0.949. The molecule has 3 rings (SSSR count). The van der Waals surface area contributed by atoms with Crippen LogP contribution in [0.25, 0.3) is 0 Å². The van der Waals surface area contributed by atoms with E-state index in [9.17, 15) is 4.39 Å². The second-order valence-corrected chi connectivity index (χ2v) is 8.68. The topological polar surface area (TPSA) is 73.7 Å². The van der Waals surface area contributed by atoms with Gasteiger partial charge >= 0.3 is 0 Å². The molecule has 1 aliphatic heterocycles. The number of amidine groups is 1. The second kappa shape index (κ2) is 14.0. The molecule has 2 aromatic carbocycles. The Balaban J connectivity index is 1.48. The molecule has 0 amide bonds. The molecule has 1 aliphatic rings. The Bertz CT molecular complexity index is 978. The molecule has 0 unspecified atom stereocenters. The number of nitrogens with zero attached hydrogens (tertiary/aromatic N) is 4. The highest BCUT2D eigenvalue weighted by atomic mass is 35.5. The number of likely N-dealkylation sites (N-methyl/N-ethyl adjacent to an activating group) is 1. The van der Waals surface area contributed by atoms with Crippen LogP contribution in [0, 0.1) is 5.82 Å². The van der Waals surface area contributed by atoms with Crippen LogP contribution in [0.4, 0.5) is 4.39 Å². The third-order valence-corrected chi connectivity index (χ3v) is 6.15. The molecular weight excluding hydrogens is 471 g/mol. The van der Waals surface area contributed by atoms with Gasteiger partial charge in [0.1, 0.15) is 5.82 Å². The lowest BCUT2D eigenvalue weighted by Crippen LogP contribution is -2.44. The molecule has 0 atom stereocenters. The Labute approximate surface area is 211 Å². The van der Waals surface area contributed by atoms with E-state index in [4.69, 9.17) is 21.1 Å². The van der Waals surface area contributed by atoms with Crippen molar-refractivity contribution in [3.05, 3.63) is 58.4 Å². The normalized spacial score (nSPS) is 15.1. The van der Waals surface area contributed by atoms with E-state index in [2.05, 4.69) is 44.4 Å². The van der Waals surface area contributed by atoms with Gasteiger partial charge in [-0.1, -0.05) is 17.7 Å². The highest BCUT2D eigenvalue weighted by molar-refractivity contribution is 6.31. The molecule has 10 heteroatoms. The van der Waals surface area contributed by atoms with Crippen LogP contribution in [-0.4, -0.2) is 82.5 Å². The molecule has 0 spiro atoms. The van der Waals surface area contributed by atoms with Crippen LogP contribution < -0.4 is 20.2 Å². The van der Waals surface area contributed by atoms with Gasteiger partial charge in [-0.2, -0.15) is 5.10 Å². The molecule has 0 radical (unpaired) electrons. The fourth-order valence-corrected chi connectivity index (χ4v) is 3.95. The van der Waals surface area contributed by atoms with Crippen molar-refractivity contribution < 1.29 is 13.9 Å². The molecule has 35 heavy (non-hydrogen) atoms. The van der Waals surface area contributed by atoms with Gasteiger partial charge in [0, 0.05) is 55.4 Å². The van der Waals surface area contributed by atoms with Gasteiger partial charge in [-0.3, -0.25) is 10.7 Å². The van der Waals surface area contributed by atoms with Crippen molar-refractivity contribution >= 4 is 24.2 Å². The van der Waals surface area contributed by atoms with Gasteiger partial charge in [0.05, 0.1) is 20.4 Å². The molecule has 1 saturated heterocycles. The lowest BCUT2D eigenvalue weighted by Gasteiger charge is -2.32. The van der Waals surface area contributed by atoms with Crippen molar-refractivity contribution in [3.8, 4) is 11.5 Å². The number of ether oxygens (including phenoxy) is 2. The lowest BCUT2D eigenvalue weighted by atomic mass is 10.2. The van der Waals surface area contributed by atoms with E-state index < -0.39 is 0 Å². The Morgan fingerprint density at radius 1 is 1.17 bits per heavy atom. The first-order chi connectivity index (χ1) is 17.0. The number of hydrogen-bond acceptors (Lipinski definition) is 7. The van der Waals surface area contributed by atoms with E-state index in [0.717, 1.165) is 44.7 Å². The number of methoxy groups -OCH3 is 1. The number of hydrazone groups is 1. The third-order valence-electron chi connectivity index (χ3n) is 5.80. The summed E-state index contributed by atoms with van der Waals surface area (Å²) in [6.45, 7) is 10.2. The average molecular weight is 505 g/mol. The van der Waals surface area contributed by atoms with E-state index in [1.54, 1.807) is 19.2 Å². The zero-order chi connectivity index (χ0) is 25.0. The van der Waals surface area contributed by atoms with Gasteiger partial charge in [0.2, 0.25) is 0 Å². The summed E-state index contributed by atoms with van der Waals surface area (Å²) in [6, 6.07) is 10.1. The standard InChI is InChI=1S/C25H34ClFN6O2/c1-28-25(31-30-18-29-17-20-21(26)6-4-7-22(20)27)19-8-9-23(24(16-19)34-3)35-15-5-10-33-13-11-32(2)12-14-33/h4,6-9,16,29-30H,1,5,10-15,17-18H2,2-3H3/b31-25-. The monoisotopic (exact) mass is 504 g/mol. The minimum atomic E-state index is -0.351. The van der Waals surface area contributed by atoms with Gasteiger partial charge in [0.25, 0.3) is 0 Å². The fraction of sp³-hybridized carbons (Fsp3) is 0.440. The number of aliphatic imine (C=N–C) groups is 1. The highest BCUT2D eigenvalue weighted by Crippen LogP contribution is 2.28. The van der Waals surface area contributed by atoms with Crippen LogP contribution in [0.1, 0.15) is 17.5 Å². The van der Waals surface area contributed by atoms with Gasteiger partial charge < -0.3 is 19.3 Å². The summed E-state index contributed by atoms with van der Waals surface area (Å²) < 4.78 is 25.3. The molecule has 8 nitrogen and oxygen atoms in total. The van der Waals surface area contributed by atoms with Gasteiger partial charge in [-0.25, -0.2) is 9.38 Å². The van der Waals surface area contributed by atoms with E-state index in [-0.39, 0.29) is 19.0 Å². The van der Waals surface area contributed by atoms with Crippen LogP contribution in [0.3, 0.4) is 0 Å². The summed E-state index contributed by atoms with van der Waals surface area (Å²) >= 11 is 6.04. The molecule has 1 heterocycles. The predicted molar refractivity (Wildman–Crippen MR) is 139 cm³/mol. The SMILES string of the molecule is C=N/C(=N\NCNCc1c(F)cccc1Cl)c1ccc(OCCCN2CCN(C)CC2)c(OC)c1. The number of piperazine rings is 1. The Hall–Kier alpha value is -2.72. The number of rotatable bonds is 12. The molecule has 0 aliphatic carbocycles. The zero-order valence-electron chi connectivity index (χ0n) is 20.4. The molecule has 0 saturated carbocycles. The summed E-state index contributed by atoms with van der Waals surface area (Å²) in [7, 11) is 3.76. The van der Waals surface area contributed by atoms with Crippen LogP contribution in [0.2, 0.25) is 5.02 Å². The molecule has 0 aromatic heterocycles. The smallest absolute Gasteiger partial charge is 0.178 e. The van der Waals surface area contributed by atoms with Crippen LogP contribution in [-0.2, 0) is 6.54 Å². The van der Waals surface area contributed by atoms with Gasteiger partial charge in [0.15, 0.2) is 17.3 Å². The minimum absolute atomic E-state index is 0.263. The fourth-order valence-electron chi connectivity index (χ4n) is 3.72. The first kappa shape index (κ1) is 26.9. The average Bonchev–Trinajstić information content (AvgIpc) is 2.86. The Kier molecular flexibility index (Phi) is 10.7. The van der Waals surface area contributed by atoms with Crippen molar-refractivity contribution in [1.29, 1.82) is 0 Å². The summed E-state index contributed by atoms with van der Waals surface area (Å²) in [5.74, 6) is 1.33. The first-order valence-electron chi connectivity index (χ1n) is 11.6. The predicted octanol–water partition coefficient (Wildman–Crippen LogP) is 3.20. The van der Waals surface area contributed by atoms with Gasteiger partial charge in [-0.05, 0) is 50.5 Å². The van der Waals surface area contributed by atoms with Crippen LogP contribution in [0.5, 0.6) is 11.5 Å². The molecule has 190 valence electrons. The second-order valence-electron chi connectivity index (χ2n) is 8.27. The summed E-state index contributed by atoms with van der Waals surface area (Å²) in [5, 5.41) is 7.69. The van der Waals surface area contributed by atoms with E-state index in [1.807, 2.05) is 18.2 Å². The maximum absolute atomic E-state index is 13.8. The molecule has 1 fully saturated rings. The number of halogens is 2. The Morgan fingerprint density at radius 3 is 2.69 bits per heavy atom. The van der Waals surface area contributed by atoms with Crippen molar-refractivity contribution in [1.82, 2.24) is 20.5 Å². The van der Waals surface area contributed by atoms with Crippen molar-refractivity contribution in [2.45, 2.75) is 13.0 Å². The highest BCUT2D eigenvalue weighted by Gasteiger charge is 2.14. The third kappa shape index (κ3) is 8.17. The van der Waals surface area contributed by atoms with Crippen molar-refractivity contribution in [2.24, 2.45) is 10.1 Å². The van der Waals surface area contributed by atoms with Crippen molar-refractivity contribution in [2.75, 3.05) is 60.2 Å². The lowest BCUT2D eigenvalue weighted by molar-refractivity contribution is 0.145. The summed E-state index contributed by atoms with van der Waals surface area (Å²) in [5.41, 5.74) is 4.01. The quantitative estimate of drug-likeness (QED) is 0.152. The summed E-state index contributed by atoms with van der Waals surface area (Å²) in [4.78, 5) is 8.82. The van der Waals surface area contributed by atoms with E-state index >= 15 is 0 Å². The number of benzene rings is 2.